The highest BCUT2D eigenvalue weighted by atomic mass is 35.5. The smallest absolute Gasteiger partial charge is 0.299 e. The highest BCUT2D eigenvalue weighted by Gasteiger charge is 2.22. The Labute approximate surface area is 190 Å². The van der Waals surface area contributed by atoms with Crippen LogP contribution >= 0.6 is 11.6 Å². The molecule has 3 rings (SSSR count). The highest BCUT2D eigenvalue weighted by molar-refractivity contribution is 7.89. The normalized spacial score (nSPS) is 12.3. The molecule has 1 N–H and O–H groups in total. The fourth-order valence-electron chi connectivity index (χ4n) is 3.26. The van der Waals surface area contributed by atoms with Gasteiger partial charge in [0, 0.05) is 30.4 Å². The van der Waals surface area contributed by atoms with Crippen molar-refractivity contribution in [1.82, 2.24) is 13.9 Å². The number of rotatable bonds is 8. The SMILES string of the molecule is CCn1cc(C#N)c(=O)n(CCC(NS(=O)(=O)c2ccc(Cl)cc2)c2ccccc2)c1=O. The van der Waals surface area contributed by atoms with Crippen LogP contribution in [0.5, 0.6) is 0 Å². The average molecular weight is 473 g/mol. The van der Waals surface area contributed by atoms with Crippen molar-refractivity contribution in [1.29, 1.82) is 5.26 Å². The largest absolute Gasteiger partial charge is 0.331 e. The second-order valence-electron chi connectivity index (χ2n) is 7.01. The van der Waals surface area contributed by atoms with Gasteiger partial charge in [-0.2, -0.15) is 5.26 Å². The van der Waals surface area contributed by atoms with Crippen LogP contribution < -0.4 is 16.0 Å². The first-order valence-corrected chi connectivity index (χ1v) is 11.7. The molecule has 3 aromatic rings. The predicted molar refractivity (Wildman–Crippen MR) is 121 cm³/mol. The van der Waals surface area contributed by atoms with Crippen molar-refractivity contribution in [2.45, 2.75) is 37.4 Å². The molecular weight excluding hydrogens is 452 g/mol. The Morgan fingerprint density at radius 1 is 1.09 bits per heavy atom. The Hall–Kier alpha value is -3.19. The summed E-state index contributed by atoms with van der Waals surface area (Å²) in [5.74, 6) is 0. The van der Waals surface area contributed by atoms with E-state index < -0.39 is 27.3 Å². The van der Waals surface area contributed by atoms with E-state index in [1.165, 1.54) is 35.0 Å². The molecule has 0 aliphatic rings. The zero-order chi connectivity index (χ0) is 23.3. The Morgan fingerprint density at radius 2 is 1.75 bits per heavy atom. The van der Waals surface area contributed by atoms with Gasteiger partial charge in [-0.1, -0.05) is 41.9 Å². The van der Waals surface area contributed by atoms with Crippen molar-refractivity contribution in [3.63, 3.8) is 0 Å². The predicted octanol–water partition coefficient (Wildman–Crippen LogP) is 2.66. The maximum atomic E-state index is 12.9. The molecule has 32 heavy (non-hydrogen) atoms. The molecule has 0 saturated carbocycles. The molecule has 1 heterocycles. The minimum Gasteiger partial charge on any atom is -0.299 e. The molecule has 0 spiro atoms. The van der Waals surface area contributed by atoms with Crippen molar-refractivity contribution in [2.75, 3.05) is 0 Å². The zero-order valence-electron chi connectivity index (χ0n) is 17.2. The van der Waals surface area contributed by atoms with E-state index in [-0.39, 0.29) is 23.4 Å². The van der Waals surface area contributed by atoms with Gasteiger partial charge in [-0.15, -0.1) is 0 Å². The topological polar surface area (TPSA) is 114 Å². The summed E-state index contributed by atoms with van der Waals surface area (Å²) in [7, 11) is -3.91. The Kier molecular flexibility index (Phi) is 7.30. The summed E-state index contributed by atoms with van der Waals surface area (Å²) in [5.41, 5.74) is -0.728. The monoisotopic (exact) mass is 472 g/mol. The number of aryl methyl sites for hydroxylation is 1. The molecule has 1 aromatic heterocycles. The maximum absolute atomic E-state index is 12.9. The third-order valence-corrected chi connectivity index (χ3v) is 6.70. The number of hydrogen-bond acceptors (Lipinski definition) is 5. The van der Waals surface area contributed by atoms with Crippen molar-refractivity contribution >= 4 is 21.6 Å². The molecule has 1 unspecified atom stereocenters. The number of nitrogens with zero attached hydrogens (tertiary/aromatic N) is 3. The van der Waals surface area contributed by atoms with Crippen LogP contribution in [0.4, 0.5) is 0 Å². The van der Waals surface area contributed by atoms with Crippen molar-refractivity contribution in [2.24, 2.45) is 0 Å². The standard InChI is InChI=1S/C22H21ClN4O4S/c1-2-26-15-17(14-24)21(28)27(22(26)29)13-12-20(16-6-4-3-5-7-16)25-32(30,31)19-10-8-18(23)9-11-19/h3-11,15,20,25H,2,12-13H2,1H3. The average Bonchev–Trinajstić information content (AvgIpc) is 2.79. The molecule has 1 atom stereocenters. The molecule has 0 fully saturated rings. The summed E-state index contributed by atoms with van der Waals surface area (Å²) in [6.07, 6.45) is 1.35. The number of nitriles is 1. The lowest BCUT2D eigenvalue weighted by Crippen LogP contribution is -2.41. The quantitative estimate of drug-likeness (QED) is 0.541. The number of halogens is 1. The van der Waals surface area contributed by atoms with E-state index in [0.29, 0.717) is 17.1 Å². The van der Waals surface area contributed by atoms with Crippen LogP contribution in [-0.2, 0) is 23.1 Å². The Bertz CT molecular complexity index is 1360. The van der Waals surface area contributed by atoms with Crippen LogP contribution in [0.1, 0.15) is 30.5 Å². The third kappa shape index (κ3) is 5.16. The summed E-state index contributed by atoms with van der Waals surface area (Å²) in [6.45, 7) is 1.94. The van der Waals surface area contributed by atoms with Gasteiger partial charge in [0.25, 0.3) is 5.56 Å². The van der Waals surface area contributed by atoms with Gasteiger partial charge in [-0.05, 0) is 43.2 Å². The summed E-state index contributed by atoms with van der Waals surface area (Å²) in [5, 5.41) is 9.64. The first-order valence-electron chi connectivity index (χ1n) is 9.84. The van der Waals surface area contributed by atoms with Gasteiger partial charge in [0.05, 0.1) is 4.90 Å². The van der Waals surface area contributed by atoms with E-state index in [9.17, 15) is 23.3 Å². The van der Waals surface area contributed by atoms with Crippen molar-refractivity contribution in [3.05, 3.63) is 97.8 Å². The third-order valence-electron chi connectivity index (χ3n) is 4.96. The summed E-state index contributed by atoms with van der Waals surface area (Å²) >= 11 is 5.86. The van der Waals surface area contributed by atoms with E-state index >= 15 is 0 Å². The lowest BCUT2D eigenvalue weighted by molar-refractivity contribution is 0.478. The lowest BCUT2D eigenvalue weighted by Gasteiger charge is -2.20. The molecule has 0 aliphatic heterocycles. The van der Waals surface area contributed by atoms with Crippen LogP contribution in [-0.4, -0.2) is 17.6 Å². The fourth-order valence-corrected chi connectivity index (χ4v) is 4.65. The van der Waals surface area contributed by atoms with Gasteiger partial charge in [-0.25, -0.2) is 17.9 Å². The number of benzene rings is 2. The molecule has 0 bridgehead atoms. The number of sulfonamides is 1. The van der Waals surface area contributed by atoms with E-state index in [0.717, 1.165) is 4.57 Å². The molecule has 8 nitrogen and oxygen atoms in total. The second kappa shape index (κ2) is 9.96. The van der Waals surface area contributed by atoms with Crippen molar-refractivity contribution < 1.29 is 8.42 Å². The molecule has 0 aliphatic carbocycles. The number of aromatic nitrogens is 2. The summed E-state index contributed by atoms with van der Waals surface area (Å²) in [6, 6.07) is 15.7. The molecule has 0 amide bonds. The van der Waals surface area contributed by atoms with E-state index in [4.69, 9.17) is 11.6 Å². The minimum absolute atomic E-state index is 0.0415. The van der Waals surface area contributed by atoms with Gasteiger partial charge in [0.2, 0.25) is 10.0 Å². The molecule has 0 saturated heterocycles. The molecule has 0 radical (unpaired) electrons. The second-order valence-corrected chi connectivity index (χ2v) is 9.16. The van der Waals surface area contributed by atoms with Crippen molar-refractivity contribution in [3.8, 4) is 6.07 Å². The van der Waals surface area contributed by atoms with Crippen LogP contribution in [0.25, 0.3) is 0 Å². The highest BCUT2D eigenvalue weighted by Crippen LogP contribution is 2.22. The molecule has 2 aromatic carbocycles. The summed E-state index contributed by atoms with van der Waals surface area (Å²) in [4.78, 5) is 25.2. The zero-order valence-corrected chi connectivity index (χ0v) is 18.8. The summed E-state index contributed by atoms with van der Waals surface area (Å²) < 4.78 is 30.8. The van der Waals surface area contributed by atoms with Gasteiger partial charge in [-0.3, -0.25) is 13.9 Å². The Balaban J connectivity index is 1.96. The van der Waals surface area contributed by atoms with E-state index in [1.807, 2.05) is 0 Å². The maximum Gasteiger partial charge on any atom is 0.331 e. The first kappa shape index (κ1) is 23.5. The lowest BCUT2D eigenvalue weighted by atomic mass is 10.1. The van der Waals surface area contributed by atoms with Gasteiger partial charge >= 0.3 is 5.69 Å². The van der Waals surface area contributed by atoms with Crippen LogP contribution in [0.15, 0.2) is 75.3 Å². The minimum atomic E-state index is -3.91. The van der Waals surface area contributed by atoms with E-state index in [2.05, 4.69) is 4.72 Å². The molecule has 166 valence electrons. The van der Waals surface area contributed by atoms with E-state index in [1.54, 1.807) is 43.3 Å². The van der Waals surface area contributed by atoms with Crippen LogP contribution in [0.3, 0.4) is 0 Å². The number of nitrogens with one attached hydrogen (secondary N) is 1. The first-order chi connectivity index (χ1) is 15.3. The van der Waals surface area contributed by atoms with Gasteiger partial charge in [0.1, 0.15) is 11.6 Å². The van der Waals surface area contributed by atoms with Gasteiger partial charge in [0.15, 0.2) is 0 Å². The Morgan fingerprint density at radius 3 is 2.34 bits per heavy atom. The number of hydrogen-bond donors (Lipinski definition) is 1. The molecular formula is C22H21ClN4O4S. The van der Waals surface area contributed by atoms with Gasteiger partial charge < -0.3 is 0 Å². The fraction of sp³-hybridized carbons (Fsp3) is 0.227. The van der Waals surface area contributed by atoms with Crippen LogP contribution in [0.2, 0.25) is 5.02 Å². The van der Waals surface area contributed by atoms with Crippen LogP contribution in [0, 0.1) is 11.3 Å². The molecule has 10 heteroatoms.